The van der Waals surface area contributed by atoms with Crippen LogP contribution >= 0.6 is 11.8 Å². The van der Waals surface area contributed by atoms with Gasteiger partial charge in [-0.3, -0.25) is 0 Å². The lowest BCUT2D eigenvalue weighted by molar-refractivity contribution is 0.259. The molecular formula is C9H17N3O2S. The van der Waals surface area contributed by atoms with Crippen LogP contribution in [0.1, 0.15) is 37.5 Å². The van der Waals surface area contributed by atoms with Crippen molar-refractivity contribution in [3.05, 3.63) is 11.7 Å². The van der Waals surface area contributed by atoms with Gasteiger partial charge in [0, 0.05) is 6.61 Å². The second-order valence-electron chi connectivity index (χ2n) is 3.22. The Labute approximate surface area is 93.4 Å². The van der Waals surface area contributed by atoms with Gasteiger partial charge >= 0.3 is 0 Å². The average molecular weight is 231 g/mol. The van der Waals surface area contributed by atoms with Crippen LogP contribution in [0.4, 0.5) is 0 Å². The van der Waals surface area contributed by atoms with E-state index in [1.165, 1.54) is 0 Å². The van der Waals surface area contributed by atoms with Gasteiger partial charge in [0.25, 0.3) is 0 Å². The molecule has 3 N–H and O–H groups in total. The molecule has 0 aliphatic heterocycles. The molecule has 1 rings (SSSR count). The minimum atomic E-state index is -0.354. The zero-order valence-corrected chi connectivity index (χ0v) is 9.66. The fraction of sp³-hybridized carbons (Fsp3) is 0.778. The Hall–Kier alpha value is -0.590. The number of aliphatic hydroxyl groups is 1. The molecule has 0 spiro atoms. The summed E-state index contributed by atoms with van der Waals surface area (Å²) in [4.78, 5) is 4.17. The molecule has 0 saturated carbocycles. The van der Waals surface area contributed by atoms with Crippen molar-refractivity contribution in [2.75, 3.05) is 12.4 Å². The molecular weight excluding hydrogens is 214 g/mol. The molecule has 6 heteroatoms. The lowest BCUT2D eigenvalue weighted by Crippen LogP contribution is -2.12. The van der Waals surface area contributed by atoms with E-state index >= 15 is 0 Å². The van der Waals surface area contributed by atoms with Crippen LogP contribution in [-0.4, -0.2) is 27.6 Å². The lowest BCUT2D eigenvalue weighted by atomic mass is 10.2. The first kappa shape index (κ1) is 12.5. The number of aromatic nitrogens is 2. The SMILES string of the molecule is CCCSCc1noc(C(N)CCO)n1. The first-order valence-corrected chi connectivity index (χ1v) is 6.20. The molecule has 1 unspecified atom stereocenters. The zero-order valence-electron chi connectivity index (χ0n) is 8.85. The number of hydrogen-bond acceptors (Lipinski definition) is 6. The molecule has 1 heterocycles. The third kappa shape index (κ3) is 4.19. The fourth-order valence-electron chi connectivity index (χ4n) is 1.05. The van der Waals surface area contributed by atoms with Crippen molar-refractivity contribution in [2.45, 2.75) is 31.6 Å². The van der Waals surface area contributed by atoms with E-state index in [2.05, 4.69) is 17.1 Å². The highest BCUT2D eigenvalue weighted by atomic mass is 32.2. The first-order chi connectivity index (χ1) is 7.27. The molecule has 15 heavy (non-hydrogen) atoms. The van der Waals surface area contributed by atoms with E-state index in [1.807, 2.05) is 0 Å². The van der Waals surface area contributed by atoms with Crippen molar-refractivity contribution in [3.63, 3.8) is 0 Å². The first-order valence-electron chi connectivity index (χ1n) is 5.04. The van der Waals surface area contributed by atoms with E-state index in [9.17, 15) is 0 Å². The lowest BCUT2D eigenvalue weighted by Gasteiger charge is -2.01. The van der Waals surface area contributed by atoms with Crippen molar-refractivity contribution in [3.8, 4) is 0 Å². The smallest absolute Gasteiger partial charge is 0.243 e. The molecule has 0 aliphatic rings. The summed E-state index contributed by atoms with van der Waals surface area (Å²) in [7, 11) is 0. The van der Waals surface area contributed by atoms with Crippen LogP contribution in [0.15, 0.2) is 4.52 Å². The molecule has 1 atom stereocenters. The molecule has 1 aromatic heterocycles. The van der Waals surface area contributed by atoms with E-state index in [4.69, 9.17) is 15.4 Å². The van der Waals surface area contributed by atoms with Gasteiger partial charge in [0.05, 0.1) is 11.8 Å². The van der Waals surface area contributed by atoms with E-state index in [-0.39, 0.29) is 12.6 Å². The Kier molecular flexibility index (Phi) is 5.67. The number of thioether (sulfide) groups is 1. The predicted octanol–water partition coefficient (Wildman–Crippen LogP) is 1.09. The summed E-state index contributed by atoms with van der Waals surface area (Å²) in [5, 5.41) is 12.5. The maximum Gasteiger partial charge on any atom is 0.243 e. The second kappa shape index (κ2) is 6.81. The van der Waals surface area contributed by atoms with Crippen LogP contribution < -0.4 is 5.73 Å². The predicted molar refractivity (Wildman–Crippen MR) is 59.4 cm³/mol. The van der Waals surface area contributed by atoms with Crippen molar-refractivity contribution in [1.82, 2.24) is 10.1 Å². The molecule has 0 saturated heterocycles. The van der Waals surface area contributed by atoms with Gasteiger partial charge in [0.1, 0.15) is 0 Å². The molecule has 1 aromatic rings. The number of hydrogen-bond donors (Lipinski definition) is 2. The largest absolute Gasteiger partial charge is 0.396 e. The quantitative estimate of drug-likeness (QED) is 0.683. The highest BCUT2D eigenvalue weighted by Gasteiger charge is 2.13. The Morgan fingerprint density at radius 2 is 2.40 bits per heavy atom. The molecule has 0 aliphatic carbocycles. The van der Waals surface area contributed by atoms with Crippen molar-refractivity contribution in [2.24, 2.45) is 5.73 Å². The van der Waals surface area contributed by atoms with Crippen LogP contribution in [-0.2, 0) is 5.75 Å². The van der Waals surface area contributed by atoms with E-state index < -0.39 is 0 Å². The molecule has 5 nitrogen and oxygen atoms in total. The molecule has 86 valence electrons. The van der Waals surface area contributed by atoms with Crippen molar-refractivity contribution < 1.29 is 9.63 Å². The third-order valence-electron chi connectivity index (χ3n) is 1.82. The topological polar surface area (TPSA) is 85.2 Å². The van der Waals surface area contributed by atoms with E-state index in [1.54, 1.807) is 11.8 Å². The monoisotopic (exact) mass is 231 g/mol. The molecule has 0 bridgehead atoms. The highest BCUT2D eigenvalue weighted by Crippen LogP contribution is 2.14. The third-order valence-corrected chi connectivity index (χ3v) is 2.98. The fourth-order valence-corrected chi connectivity index (χ4v) is 1.78. The Morgan fingerprint density at radius 3 is 3.07 bits per heavy atom. The van der Waals surface area contributed by atoms with Gasteiger partial charge in [0.2, 0.25) is 5.89 Å². The standard InChI is InChI=1S/C9H17N3O2S/c1-2-5-15-6-8-11-9(14-12-8)7(10)3-4-13/h7,13H,2-6,10H2,1H3. The zero-order chi connectivity index (χ0) is 11.1. The number of nitrogens with zero attached hydrogens (tertiary/aromatic N) is 2. The van der Waals surface area contributed by atoms with Crippen LogP contribution in [0.25, 0.3) is 0 Å². The van der Waals surface area contributed by atoms with Crippen molar-refractivity contribution in [1.29, 1.82) is 0 Å². The summed E-state index contributed by atoms with van der Waals surface area (Å²) in [5.74, 6) is 2.93. The van der Waals surface area contributed by atoms with Gasteiger partial charge in [-0.1, -0.05) is 12.1 Å². The maximum atomic E-state index is 8.70. The van der Waals surface area contributed by atoms with Crippen LogP contribution in [0.5, 0.6) is 0 Å². The molecule has 0 fully saturated rings. The number of rotatable bonds is 7. The van der Waals surface area contributed by atoms with Crippen LogP contribution in [0, 0.1) is 0 Å². The Balaban J connectivity index is 2.41. The van der Waals surface area contributed by atoms with Crippen LogP contribution in [0.3, 0.4) is 0 Å². The summed E-state index contributed by atoms with van der Waals surface area (Å²) in [6, 6.07) is -0.354. The summed E-state index contributed by atoms with van der Waals surface area (Å²) in [6.45, 7) is 2.16. The van der Waals surface area contributed by atoms with Gasteiger partial charge in [-0.25, -0.2) is 0 Å². The van der Waals surface area contributed by atoms with Gasteiger partial charge < -0.3 is 15.4 Å². The molecule has 0 amide bonds. The Bertz CT molecular complexity index is 280. The van der Waals surface area contributed by atoms with Gasteiger partial charge in [-0.2, -0.15) is 16.7 Å². The Morgan fingerprint density at radius 1 is 1.60 bits per heavy atom. The summed E-state index contributed by atoms with van der Waals surface area (Å²) in [5.41, 5.74) is 5.71. The minimum absolute atomic E-state index is 0.0312. The maximum absolute atomic E-state index is 8.70. The van der Waals surface area contributed by atoms with E-state index in [0.29, 0.717) is 18.1 Å². The summed E-state index contributed by atoms with van der Waals surface area (Å²) in [6.07, 6.45) is 1.59. The van der Waals surface area contributed by atoms with Gasteiger partial charge in [0.15, 0.2) is 5.82 Å². The average Bonchev–Trinajstić information content (AvgIpc) is 2.67. The van der Waals surface area contributed by atoms with Crippen LogP contribution in [0.2, 0.25) is 0 Å². The summed E-state index contributed by atoms with van der Waals surface area (Å²) >= 11 is 1.77. The van der Waals surface area contributed by atoms with Crippen molar-refractivity contribution >= 4 is 11.8 Å². The normalized spacial score (nSPS) is 13.0. The molecule has 0 aromatic carbocycles. The number of aliphatic hydroxyl groups excluding tert-OH is 1. The van der Waals surface area contributed by atoms with Gasteiger partial charge in [-0.15, -0.1) is 0 Å². The highest BCUT2D eigenvalue weighted by molar-refractivity contribution is 7.98. The number of nitrogens with two attached hydrogens (primary N) is 1. The van der Waals surface area contributed by atoms with E-state index in [0.717, 1.165) is 17.9 Å². The minimum Gasteiger partial charge on any atom is -0.396 e. The van der Waals surface area contributed by atoms with Gasteiger partial charge in [-0.05, 0) is 18.6 Å². The second-order valence-corrected chi connectivity index (χ2v) is 4.33. The summed E-state index contributed by atoms with van der Waals surface area (Å²) < 4.78 is 5.00. The molecule has 0 radical (unpaired) electrons.